The quantitative estimate of drug-likeness (QED) is 0.854. The van der Waals surface area contributed by atoms with E-state index in [1.54, 1.807) is 11.3 Å². The van der Waals surface area contributed by atoms with Crippen LogP contribution in [0.4, 0.5) is 0 Å². The number of amides is 1. The van der Waals surface area contributed by atoms with Crippen LogP contribution in [0.5, 0.6) is 0 Å². The second-order valence-corrected chi connectivity index (χ2v) is 9.88. The Bertz CT molecular complexity index is 908. The molecule has 2 aliphatic rings. The summed E-state index contributed by atoms with van der Waals surface area (Å²) in [6, 6.07) is 12.3. The molecule has 1 saturated heterocycles. The highest BCUT2D eigenvalue weighted by Gasteiger charge is 2.48. The minimum absolute atomic E-state index is 0.0315. The van der Waals surface area contributed by atoms with Crippen LogP contribution in [0, 0.1) is 5.92 Å². The fourth-order valence-electron chi connectivity index (χ4n) is 3.84. The number of thiophene rings is 1. The molecular weight excluding hydrogens is 368 g/mol. The molecule has 4 rings (SSSR count). The SMILES string of the molecule is CS(=O)(=O)N[C@@H]1CCN(C(=O)[C@@H]2C[C@H]2c2ccsc2-c2ccccc2)C1. The van der Waals surface area contributed by atoms with E-state index in [0.29, 0.717) is 19.5 Å². The molecular formula is C19H22N2O3S2. The zero-order valence-electron chi connectivity index (χ0n) is 14.6. The Hall–Kier alpha value is -1.70. The highest BCUT2D eigenvalue weighted by atomic mass is 32.2. The topological polar surface area (TPSA) is 66.5 Å². The van der Waals surface area contributed by atoms with Gasteiger partial charge in [-0.2, -0.15) is 0 Å². The van der Waals surface area contributed by atoms with Gasteiger partial charge < -0.3 is 4.90 Å². The van der Waals surface area contributed by atoms with Crippen molar-refractivity contribution >= 4 is 27.3 Å². The molecule has 0 spiro atoms. The molecule has 26 heavy (non-hydrogen) atoms. The normalized spacial score (nSPS) is 25.4. The molecule has 2 fully saturated rings. The van der Waals surface area contributed by atoms with Crippen molar-refractivity contribution in [2.45, 2.75) is 24.8 Å². The van der Waals surface area contributed by atoms with Crippen LogP contribution in [0.25, 0.3) is 10.4 Å². The molecule has 1 N–H and O–H groups in total. The van der Waals surface area contributed by atoms with Crippen molar-refractivity contribution in [1.29, 1.82) is 0 Å². The third-order valence-corrected chi connectivity index (χ3v) is 6.86. The monoisotopic (exact) mass is 390 g/mol. The van der Waals surface area contributed by atoms with Gasteiger partial charge in [-0.15, -0.1) is 11.3 Å². The summed E-state index contributed by atoms with van der Waals surface area (Å²) in [6.07, 6.45) is 2.73. The molecule has 0 unspecified atom stereocenters. The molecule has 1 amide bonds. The summed E-state index contributed by atoms with van der Waals surface area (Å²) in [5.74, 6) is 0.480. The van der Waals surface area contributed by atoms with Gasteiger partial charge in [-0.3, -0.25) is 4.79 Å². The maximum Gasteiger partial charge on any atom is 0.226 e. The van der Waals surface area contributed by atoms with Crippen LogP contribution in [0.15, 0.2) is 41.8 Å². The largest absolute Gasteiger partial charge is 0.341 e. The van der Waals surface area contributed by atoms with E-state index in [0.717, 1.165) is 12.7 Å². The van der Waals surface area contributed by atoms with E-state index in [-0.39, 0.29) is 23.8 Å². The van der Waals surface area contributed by atoms with E-state index in [1.807, 2.05) is 23.1 Å². The molecule has 5 nitrogen and oxygen atoms in total. The second kappa shape index (κ2) is 6.79. The summed E-state index contributed by atoms with van der Waals surface area (Å²) in [6.45, 7) is 1.11. The molecule has 1 aromatic heterocycles. The van der Waals surface area contributed by atoms with Crippen molar-refractivity contribution in [3.05, 3.63) is 47.3 Å². The van der Waals surface area contributed by atoms with E-state index >= 15 is 0 Å². The minimum Gasteiger partial charge on any atom is -0.341 e. The van der Waals surface area contributed by atoms with Gasteiger partial charge in [0.1, 0.15) is 0 Å². The van der Waals surface area contributed by atoms with Gasteiger partial charge in [-0.1, -0.05) is 30.3 Å². The van der Waals surface area contributed by atoms with E-state index in [4.69, 9.17) is 0 Å². The van der Waals surface area contributed by atoms with Crippen LogP contribution < -0.4 is 4.72 Å². The third kappa shape index (κ3) is 3.70. The Labute approximate surface area is 158 Å². The van der Waals surface area contributed by atoms with E-state index in [9.17, 15) is 13.2 Å². The Morgan fingerprint density at radius 1 is 1.23 bits per heavy atom. The lowest BCUT2D eigenvalue weighted by molar-refractivity contribution is -0.131. The van der Waals surface area contributed by atoms with Gasteiger partial charge in [-0.05, 0) is 41.3 Å². The van der Waals surface area contributed by atoms with Crippen LogP contribution in [0.2, 0.25) is 0 Å². The Balaban J connectivity index is 1.42. The molecule has 7 heteroatoms. The summed E-state index contributed by atoms with van der Waals surface area (Å²) in [4.78, 5) is 15.9. The van der Waals surface area contributed by atoms with Crippen LogP contribution in [0.3, 0.4) is 0 Å². The van der Waals surface area contributed by atoms with E-state index in [1.165, 1.54) is 16.0 Å². The minimum atomic E-state index is -3.23. The zero-order chi connectivity index (χ0) is 18.3. The van der Waals surface area contributed by atoms with Crippen LogP contribution in [0.1, 0.15) is 24.3 Å². The van der Waals surface area contributed by atoms with Gasteiger partial charge in [0.15, 0.2) is 0 Å². The first-order chi connectivity index (χ1) is 12.4. The first-order valence-electron chi connectivity index (χ1n) is 8.81. The first-order valence-corrected chi connectivity index (χ1v) is 11.6. The highest BCUT2D eigenvalue weighted by molar-refractivity contribution is 7.88. The van der Waals surface area contributed by atoms with E-state index in [2.05, 4.69) is 28.3 Å². The van der Waals surface area contributed by atoms with Crippen molar-refractivity contribution in [3.63, 3.8) is 0 Å². The van der Waals surface area contributed by atoms with Crippen molar-refractivity contribution < 1.29 is 13.2 Å². The predicted octanol–water partition coefficient (Wildman–Crippen LogP) is 2.67. The fraction of sp³-hybridized carbons (Fsp3) is 0.421. The number of likely N-dealkylation sites (tertiary alicyclic amines) is 1. The van der Waals surface area contributed by atoms with E-state index < -0.39 is 10.0 Å². The number of carbonyl (C=O) groups excluding carboxylic acids is 1. The molecule has 0 radical (unpaired) electrons. The molecule has 1 saturated carbocycles. The first kappa shape index (κ1) is 17.7. The summed E-state index contributed by atoms with van der Waals surface area (Å²) in [5, 5.41) is 2.10. The number of rotatable bonds is 5. The van der Waals surface area contributed by atoms with Crippen molar-refractivity contribution in [2.24, 2.45) is 5.92 Å². The van der Waals surface area contributed by atoms with Gasteiger partial charge in [0, 0.05) is 29.9 Å². The van der Waals surface area contributed by atoms with Crippen LogP contribution in [-0.4, -0.2) is 44.6 Å². The number of hydrogen-bond acceptors (Lipinski definition) is 4. The van der Waals surface area contributed by atoms with Crippen LogP contribution in [-0.2, 0) is 14.8 Å². The molecule has 2 heterocycles. The third-order valence-electron chi connectivity index (χ3n) is 5.12. The standard InChI is InChI=1S/C19H22N2O3S2/c1-26(23,24)20-14-7-9-21(12-14)19(22)17-11-16(17)15-8-10-25-18(15)13-5-3-2-4-6-13/h2-6,8,10,14,16-17,20H,7,9,11-12H2,1H3/t14-,16+,17-/m1/s1. The maximum absolute atomic E-state index is 12.8. The summed E-state index contributed by atoms with van der Waals surface area (Å²) in [7, 11) is -3.23. The van der Waals surface area contributed by atoms with Gasteiger partial charge in [0.05, 0.1) is 6.26 Å². The van der Waals surface area contributed by atoms with Crippen LogP contribution >= 0.6 is 11.3 Å². The average molecular weight is 391 g/mol. The molecule has 0 bridgehead atoms. The predicted molar refractivity (Wildman–Crippen MR) is 104 cm³/mol. The van der Waals surface area contributed by atoms with Crippen molar-refractivity contribution in [3.8, 4) is 10.4 Å². The number of benzene rings is 1. The highest BCUT2D eigenvalue weighted by Crippen LogP contribution is 2.52. The molecule has 3 atom stereocenters. The van der Waals surface area contributed by atoms with Gasteiger partial charge in [0.2, 0.25) is 15.9 Å². The number of sulfonamides is 1. The zero-order valence-corrected chi connectivity index (χ0v) is 16.2. The summed E-state index contributed by atoms with van der Waals surface area (Å²) >= 11 is 1.72. The summed E-state index contributed by atoms with van der Waals surface area (Å²) < 4.78 is 25.4. The lowest BCUT2D eigenvalue weighted by Gasteiger charge is -2.17. The molecule has 138 valence electrons. The Kier molecular flexibility index (Phi) is 4.62. The maximum atomic E-state index is 12.8. The molecule has 1 aromatic carbocycles. The Morgan fingerprint density at radius 3 is 2.73 bits per heavy atom. The van der Waals surface area contributed by atoms with Gasteiger partial charge >= 0.3 is 0 Å². The molecule has 2 aromatic rings. The number of carbonyl (C=O) groups is 1. The molecule has 1 aliphatic carbocycles. The fourth-order valence-corrected chi connectivity index (χ4v) is 5.62. The lowest BCUT2D eigenvalue weighted by Crippen LogP contribution is -2.38. The summed E-state index contributed by atoms with van der Waals surface area (Å²) in [5.41, 5.74) is 2.47. The number of nitrogens with zero attached hydrogens (tertiary/aromatic N) is 1. The average Bonchev–Trinajstić information content (AvgIpc) is 3.02. The lowest BCUT2D eigenvalue weighted by atomic mass is 10.1. The number of hydrogen-bond donors (Lipinski definition) is 1. The van der Waals surface area contributed by atoms with Gasteiger partial charge in [0.25, 0.3) is 0 Å². The van der Waals surface area contributed by atoms with Gasteiger partial charge in [-0.25, -0.2) is 13.1 Å². The Morgan fingerprint density at radius 2 is 2.00 bits per heavy atom. The second-order valence-electron chi connectivity index (χ2n) is 7.18. The van der Waals surface area contributed by atoms with Crippen molar-refractivity contribution in [2.75, 3.05) is 19.3 Å². The number of nitrogens with one attached hydrogen (secondary N) is 1. The molecule has 1 aliphatic heterocycles. The smallest absolute Gasteiger partial charge is 0.226 e. The van der Waals surface area contributed by atoms with Crippen molar-refractivity contribution in [1.82, 2.24) is 9.62 Å².